The quantitative estimate of drug-likeness (QED) is 0.372. The molecule has 3 aliphatic rings. The van der Waals surface area contributed by atoms with Crippen LogP contribution < -0.4 is 5.32 Å². The fraction of sp³-hybridized carbons (Fsp3) is 0.947. The van der Waals surface area contributed by atoms with E-state index in [4.69, 9.17) is 9.47 Å². The monoisotopic (exact) mass is 480 g/mol. The minimum atomic E-state index is 0. The first-order chi connectivity index (χ1) is 12.3. The molecule has 7 heteroatoms. The summed E-state index contributed by atoms with van der Waals surface area (Å²) in [5.41, 5.74) is 0.244. The molecular weight excluding hydrogens is 443 g/mol. The smallest absolute Gasteiger partial charge is 0.193 e. The Kier molecular flexibility index (Phi) is 9.40. The van der Waals surface area contributed by atoms with Crippen LogP contribution in [0.15, 0.2) is 4.99 Å². The maximum absolute atomic E-state index is 5.78. The van der Waals surface area contributed by atoms with Gasteiger partial charge >= 0.3 is 0 Å². The van der Waals surface area contributed by atoms with Gasteiger partial charge in [0.25, 0.3) is 0 Å². The van der Waals surface area contributed by atoms with E-state index in [1.54, 1.807) is 0 Å². The first kappa shape index (κ1) is 22.2. The van der Waals surface area contributed by atoms with E-state index < -0.39 is 0 Å². The molecule has 3 rings (SSSR count). The predicted octanol–water partition coefficient (Wildman–Crippen LogP) is 2.33. The van der Waals surface area contributed by atoms with E-state index in [2.05, 4.69) is 27.0 Å². The number of guanidine groups is 1. The normalized spacial score (nSPS) is 25.2. The van der Waals surface area contributed by atoms with Crippen LogP contribution in [0.4, 0.5) is 0 Å². The molecule has 6 nitrogen and oxygen atoms in total. The summed E-state index contributed by atoms with van der Waals surface area (Å²) in [6.45, 7) is 10.2. The van der Waals surface area contributed by atoms with Gasteiger partial charge in [0.2, 0.25) is 0 Å². The summed E-state index contributed by atoms with van der Waals surface area (Å²) in [4.78, 5) is 9.67. The van der Waals surface area contributed by atoms with Crippen LogP contribution >= 0.6 is 24.0 Å². The Morgan fingerprint density at radius 2 is 1.81 bits per heavy atom. The third kappa shape index (κ3) is 5.45. The van der Waals surface area contributed by atoms with E-state index in [1.165, 1.54) is 25.9 Å². The lowest BCUT2D eigenvalue weighted by Crippen LogP contribution is -2.59. The van der Waals surface area contributed by atoms with Crippen LogP contribution in [-0.4, -0.2) is 87.0 Å². The standard InChI is InChI=1S/C19H36N4O2.HI/c1-3-25-17-6-12-22(13-7-17)18(20-2)21-16-19(8-14-24-15-9-19)23-10-4-5-11-23;/h17H,3-16H2,1-2H3,(H,20,21);1H. The minimum absolute atomic E-state index is 0. The van der Waals surface area contributed by atoms with E-state index in [1.807, 2.05) is 7.05 Å². The third-order valence-electron chi connectivity index (χ3n) is 6.13. The Balaban J connectivity index is 0.00000243. The van der Waals surface area contributed by atoms with Crippen LogP contribution in [-0.2, 0) is 9.47 Å². The second-order valence-corrected chi connectivity index (χ2v) is 7.57. The second-order valence-electron chi connectivity index (χ2n) is 7.57. The number of ether oxygens (including phenoxy) is 2. The zero-order valence-corrected chi connectivity index (χ0v) is 18.9. The van der Waals surface area contributed by atoms with Gasteiger partial charge in [0.1, 0.15) is 0 Å². The van der Waals surface area contributed by atoms with Gasteiger partial charge in [-0.2, -0.15) is 0 Å². The highest BCUT2D eigenvalue weighted by Gasteiger charge is 2.40. The number of nitrogens with one attached hydrogen (secondary N) is 1. The number of piperidine rings is 1. The summed E-state index contributed by atoms with van der Waals surface area (Å²) in [6, 6.07) is 0. The summed E-state index contributed by atoms with van der Waals surface area (Å²) in [6.07, 6.45) is 7.54. The molecule has 0 radical (unpaired) electrons. The molecule has 3 aliphatic heterocycles. The largest absolute Gasteiger partial charge is 0.381 e. The maximum atomic E-state index is 5.78. The zero-order valence-electron chi connectivity index (χ0n) is 16.5. The van der Waals surface area contributed by atoms with Crippen LogP contribution in [0.5, 0.6) is 0 Å². The predicted molar refractivity (Wildman–Crippen MR) is 117 cm³/mol. The van der Waals surface area contributed by atoms with Crippen molar-refractivity contribution >= 4 is 29.9 Å². The summed E-state index contributed by atoms with van der Waals surface area (Å²) >= 11 is 0. The van der Waals surface area contributed by atoms with Gasteiger partial charge in [0, 0.05) is 52.0 Å². The molecule has 0 spiro atoms. The number of nitrogens with zero attached hydrogens (tertiary/aromatic N) is 3. The molecule has 0 aromatic rings. The summed E-state index contributed by atoms with van der Waals surface area (Å²) in [5, 5.41) is 3.71. The van der Waals surface area contributed by atoms with Crippen LogP contribution in [0.3, 0.4) is 0 Å². The lowest BCUT2D eigenvalue weighted by molar-refractivity contribution is -0.0169. The molecule has 0 atom stereocenters. The van der Waals surface area contributed by atoms with Gasteiger partial charge in [0.05, 0.1) is 6.10 Å². The molecule has 152 valence electrons. The van der Waals surface area contributed by atoms with Gasteiger partial charge in [-0.15, -0.1) is 24.0 Å². The minimum Gasteiger partial charge on any atom is -0.381 e. The van der Waals surface area contributed by atoms with Crippen molar-refractivity contribution < 1.29 is 9.47 Å². The fourth-order valence-electron chi connectivity index (χ4n) is 4.59. The number of likely N-dealkylation sites (tertiary alicyclic amines) is 2. The maximum Gasteiger partial charge on any atom is 0.193 e. The first-order valence-electron chi connectivity index (χ1n) is 10.2. The third-order valence-corrected chi connectivity index (χ3v) is 6.13. The SMILES string of the molecule is CCOC1CCN(C(=NC)NCC2(N3CCCC3)CCOCC2)CC1.I. The molecule has 3 fully saturated rings. The lowest BCUT2D eigenvalue weighted by atomic mass is 9.88. The van der Waals surface area contributed by atoms with Crippen molar-refractivity contribution in [2.75, 3.05) is 59.6 Å². The van der Waals surface area contributed by atoms with Crippen molar-refractivity contribution in [2.45, 2.75) is 57.1 Å². The molecule has 0 unspecified atom stereocenters. The van der Waals surface area contributed by atoms with Crippen molar-refractivity contribution in [3.8, 4) is 0 Å². The Hall–Kier alpha value is -0.120. The van der Waals surface area contributed by atoms with Crippen molar-refractivity contribution in [3.63, 3.8) is 0 Å². The molecule has 0 saturated carbocycles. The lowest BCUT2D eigenvalue weighted by Gasteiger charge is -2.45. The number of rotatable bonds is 5. The van der Waals surface area contributed by atoms with Crippen molar-refractivity contribution in [2.24, 2.45) is 4.99 Å². The van der Waals surface area contributed by atoms with Gasteiger partial charge in [-0.1, -0.05) is 0 Å². The Labute approximate surface area is 176 Å². The van der Waals surface area contributed by atoms with Crippen molar-refractivity contribution in [1.82, 2.24) is 15.1 Å². The van der Waals surface area contributed by atoms with E-state index in [0.717, 1.165) is 71.1 Å². The highest BCUT2D eigenvalue weighted by Crippen LogP contribution is 2.30. The van der Waals surface area contributed by atoms with Crippen LogP contribution in [0.25, 0.3) is 0 Å². The van der Waals surface area contributed by atoms with Gasteiger partial charge < -0.3 is 19.7 Å². The molecule has 1 N–H and O–H groups in total. The summed E-state index contributed by atoms with van der Waals surface area (Å²) < 4.78 is 11.4. The molecule has 0 bridgehead atoms. The topological polar surface area (TPSA) is 49.3 Å². The van der Waals surface area contributed by atoms with Gasteiger partial charge in [-0.05, 0) is 58.5 Å². The van der Waals surface area contributed by atoms with Gasteiger partial charge in [-0.3, -0.25) is 9.89 Å². The second kappa shape index (κ2) is 11.0. The van der Waals surface area contributed by atoms with Crippen LogP contribution in [0.2, 0.25) is 0 Å². The molecule has 0 aromatic heterocycles. The number of halogens is 1. The Morgan fingerprint density at radius 3 is 2.38 bits per heavy atom. The van der Waals surface area contributed by atoms with Crippen molar-refractivity contribution in [3.05, 3.63) is 0 Å². The van der Waals surface area contributed by atoms with E-state index >= 15 is 0 Å². The van der Waals surface area contributed by atoms with E-state index in [0.29, 0.717) is 6.10 Å². The van der Waals surface area contributed by atoms with Crippen LogP contribution in [0.1, 0.15) is 45.4 Å². The summed E-state index contributed by atoms with van der Waals surface area (Å²) in [7, 11) is 1.91. The molecule has 0 aliphatic carbocycles. The molecule has 3 heterocycles. The van der Waals surface area contributed by atoms with E-state index in [9.17, 15) is 0 Å². The highest BCUT2D eigenvalue weighted by atomic mass is 127. The number of aliphatic imine (C=N–C) groups is 1. The average molecular weight is 480 g/mol. The molecule has 0 aromatic carbocycles. The highest BCUT2D eigenvalue weighted by molar-refractivity contribution is 14.0. The van der Waals surface area contributed by atoms with Crippen molar-refractivity contribution in [1.29, 1.82) is 0 Å². The zero-order chi connectivity index (χ0) is 17.5. The fourth-order valence-corrected chi connectivity index (χ4v) is 4.59. The molecule has 3 saturated heterocycles. The Morgan fingerprint density at radius 1 is 1.15 bits per heavy atom. The first-order valence-corrected chi connectivity index (χ1v) is 10.2. The average Bonchev–Trinajstić information content (AvgIpc) is 3.20. The molecule has 0 amide bonds. The number of hydrogen-bond acceptors (Lipinski definition) is 4. The molecule has 26 heavy (non-hydrogen) atoms. The van der Waals surface area contributed by atoms with E-state index in [-0.39, 0.29) is 29.5 Å². The van der Waals surface area contributed by atoms with Gasteiger partial charge in [-0.25, -0.2) is 0 Å². The summed E-state index contributed by atoms with van der Waals surface area (Å²) in [5.74, 6) is 1.06. The molecular formula is C19H37IN4O2. The Bertz CT molecular complexity index is 429. The van der Waals surface area contributed by atoms with Crippen LogP contribution in [0, 0.1) is 0 Å². The number of hydrogen-bond donors (Lipinski definition) is 1. The van der Waals surface area contributed by atoms with Gasteiger partial charge in [0.15, 0.2) is 5.96 Å².